The minimum Gasteiger partial charge on any atom is -0.310 e. The van der Waals surface area contributed by atoms with Crippen molar-refractivity contribution in [2.75, 3.05) is 16.8 Å². The Kier molecular flexibility index (Phi) is 3.45. The molecule has 1 aliphatic heterocycles. The van der Waals surface area contributed by atoms with E-state index in [4.69, 9.17) is 0 Å². The second-order valence-electron chi connectivity index (χ2n) is 5.70. The van der Waals surface area contributed by atoms with E-state index in [1.54, 1.807) is 29.3 Å². The second kappa shape index (κ2) is 5.77. The third-order valence-electron chi connectivity index (χ3n) is 4.12. The monoisotopic (exact) mass is 321 g/mol. The Morgan fingerprint density at radius 3 is 2.88 bits per heavy atom. The number of hydrogen-bond donors (Lipinski definition) is 2. The number of nitrogens with one attached hydrogen (secondary N) is 2. The van der Waals surface area contributed by atoms with E-state index in [1.807, 2.05) is 24.3 Å². The van der Waals surface area contributed by atoms with Crippen LogP contribution in [0.1, 0.15) is 6.42 Å². The van der Waals surface area contributed by atoms with Gasteiger partial charge >= 0.3 is 0 Å². The van der Waals surface area contributed by atoms with E-state index in [-0.39, 0.29) is 18.2 Å². The molecule has 0 bridgehead atoms. The fourth-order valence-electron chi connectivity index (χ4n) is 2.91. The van der Waals surface area contributed by atoms with Crippen LogP contribution < -0.4 is 10.2 Å². The number of fused-ring (bicyclic) bond motifs is 1. The number of pyridine rings is 1. The van der Waals surface area contributed by atoms with Crippen LogP contribution in [-0.4, -0.2) is 33.5 Å². The summed E-state index contributed by atoms with van der Waals surface area (Å²) in [4.78, 5) is 30.4. The molecule has 0 aliphatic carbocycles. The number of anilines is 2. The maximum absolute atomic E-state index is 12.4. The molecule has 7 heteroatoms. The summed E-state index contributed by atoms with van der Waals surface area (Å²) < 4.78 is 0. The third-order valence-corrected chi connectivity index (χ3v) is 4.12. The molecule has 0 spiro atoms. The van der Waals surface area contributed by atoms with Gasteiger partial charge in [-0.15, -0.1) is 0 Å². The van der Waals surface area contributed by atoms with Gasteiger partial charge in [-0.3, -0.25) is 19.6 Å². The molecule has 7 nitrogen and oxygen atoms in total. The molecule has 3 heterocycles. The maximum Gasteiger partial charge on any atom is 0.230 e. The number of nitrogens with zero attached hydrogens (tertiary/aromatic N) is 3. The molecule has 3 aromatic rings. The predicted molar refractivity (Wildman–Crippen MR) is 89.4 cm³/mol. The highest BCUT2D eigenvalue weighted by Crippen LogP contribution is 2.29. The SMILES string of the molecule is O=C(Nc1ccccn1)[C@H]1CC(=O)N(c2n[nH]c3ccccc23)C1. The average molecular weight is 321 g/mol. The van der Waals surface area contributed by atoms with Gasteiger partial charge in [0.2, 0.25) is 11.8 Å². The number of amides is 2. The zero-order chi connectivity index (χ0) is 16.5. The average Bonchev–Trinajstić information content (AvgIpc) is 3.19. The van der Waals surface area contributed by atoms with Gasteiger partial charge in [-0.1, -0.05) is 18.2 Å². The van der Waals surface area contributed by atoms with E-state index in [1.165, 1.54) is 0 Å². The molecule has 2 N–H and O–H groups in total. The van der Waals surface area contributed by atoms with Crippen molar-refractivity contribution in [2.24, 2.45) is 5.92 Å². The molecule has 2 amide bonds. The van der Waals surface area contributed by atoms with Crippen LogP contribution in [0.5, 0.6) is 0 Å². The molecular formula is C17H15N5O2. The molecule has 24 heavy (non-hydrogen) atoms. The second-order valence-corrected chi connectivity index (χ2v) is 5.70. The molecule has 0 saturated carbocycles. The summed E-state index contributed by atoms with van der Waals surface area (Å²) in [7, 11) is 0. The lowest BCUT2D eigenvalue weighted by Gasteiger charge is -2.14. The van der Waals surface area contributed by atoms with Crippen LogP contribution in [-0.2, 0) is 9.59 Å². The number of carbonyl (C=O) groups excluding carboxylic acids is 2. The van der Waals surface area contributed by atoms with Gasteiger partial charge < -0.3 is 5.32 Å². The molecular weight excluding hydrogens is 306 g/mol. The standard InChI is InChI=1S/C17H15N5O2/c23-15-9-11(17(24)19-14-7-3-4-8-18-14)10-22(15)16-12-5-1-2-6-13(12)20-21-16/h1-8,11H,9-10H2,(H,20,21)(H,18,19,24)/t11-/m0/s1. The molecule has 2 aromatic heterocycles. The first-order chi connectivity index (χ1) is 11.7. The minimum absolute atomic E-state index is 0.103. The van der Waals surface area contributed by atoms with Gasteiger partial charge in [0.15, 0.2) is 5.82 Å². The predicted octanol–water partition coefficient (Wildman–Crippen LogP) is 1.95. The van der Waals surface area contributed by atoms with Crippen molar-refractivity contribution in [3.8, 4) is 0 Å². The summed E-state index contributed by atoms with van der Waals surface area (Å²) in [6.45, 7) is 0.312. The number of benzene rings is 1. The van der Waals surface area contributed by atoms with E-state index in [2.05, 4.69) is 20.5 Å². The van der Waals surface area contributed by atoms with Crippen LogP contribution in [0.3, 0.4) is 0 Å². The van der Waals surface area contributed by atoms with Gasteiger partial charge in [0.1, 0.15) is 5.82 Å². The molecule has 0 unspecified atom stereocenters. The lowest BCUT2D eigenvalue weighted by Crippen LogP contribution is -2.28. The highest BCUT2D eigenvalue weighted by Gasteiger charge is 2.36. The van der Waals surface area contributed by atoms with Gasteiger partial charge in [-0.2, -0.15) is 5.10 Å². The highest BCUT2D eigenvalue weighted by atomic mass is 16.2. The van der Waals surface area contributed by atoms with E-state index in [0.717, 1.165) is 10.9 Å². The molecule has 4 rings (SSSR count). The molecule has 1 aromatic carbocycles. The van der Waals surface area contributed by atoms with Crippen molar-refractivity contribution in [1.29, 1.82) is 0 Å². The summed E-state index contributed by atoms with van der Waals surface area (Å²) in [6, 6.07) is 12.9. The van der Waals surface area contributed by atoms with Gasteiger partial charge in [0, 0.05) is 24.5 Å². The number of hydrogen-bond acceptors (Lipinski definition) is 4. The first-order valence-corrected chi connectivity index (χ1v) is 7.68. The summed E-state index contributed by atoms with van der Waals surface area (Å²) in [6.07, 6.45) is 1.78. The first-order valence-electron chi connectivity index (χ1n) is 7.68. The third kappa shape index (κ3) is 2.50. The number of H-pyrrole nitrogens is 1. The Labute approximate surface area is 137 Å². The number of aromatic nitrogens is 3. The molecule has 1 saturated heterocycles. The normalized spacial score (nSPS) is 17.4. The molecule has 1 fully saturated rings. The van der Waals surface area contributed by atoms with Crippen molar-refractivity contribution in [3.63, 3.8) is 0 Å². The van der Waals surface area contributed by atoms with Crippen molar-refractivity contribution in [3.05, 3.63) is 48.7 Å². The van der Waals surface area contributed by atoms with Crippen LogP contribution in [0, 0.1) is 5.92 Å². The Bertz CT molecular complexity index is 905. The lowest BCUT2D eigenvalue weighted by molar-refractivity contribution is -0.122. The lowest BCUT2D eigenvalue weighted by atomic mass is 10.1. The van der Waals surface area contributed by atoms with E-state index in [9.17, 15) is 9.59 Å². The Morgan fingerprint density at radius 1 is 1.21 bits per heavy atom. The quantitative estimate of drug-likeness (QED) is 0.771. The minimum atomic E-state index is -0.421. The van der Waals surface area contributed by atoms with Gasteiger partial charge in [0.25, 0.3) is 0 Å². The fraction of sp³-hybridized carbons (Fsp3) is 0.176. The topological polar surface area (TPSA) is 91.0 Å². The Hall–Kier alpha value is -3.22. The number of carbonyl (C=O) groups is 2. The largest absolute Gasteiger partial charge is 0.310 e. The van der Waals surface area contributed by atoms with Crippen molar-refractivity contribution in [2.45, 2.75) is 6.42 Å². The highest BCUT2D eigenvalue weighted by molar-refractivity contribution is 6.06. The molecule has 0 radical (unpaired) electrons. The number of rotatable bonds is 3. The van der Waals surface area contributed by atoms with Crippen LogP contribution in [0.4, 0.5) is 11.6 Å². The molecule has 120 valence electrons. The van der Waals surface area contributed by atoms with Crippen LogP contribution >= 0.6 is 0 Å². The summed E-state index contributed by atoms with van der Waals surface area (Å²) in [5.41, 5.74) is 0.863. The van der Waals surface area contributed by atoms with E-state index < -0.39 is 5.92 Å². The smallest absolute Gasteiger partial charge is 0.230 e. The van der Waals surface area contributed by atoms with Crippen LogP contribution in [0.2, 0.25) is 0 Å². The fourth-order valence-corrected chi connectivity index (χ4v) is 2.91. The number of aromatic amines is 1. The zero-order valence-corrected chi connectivity index (χ0v) is 12.8. The van der Waals surface area contributed by atoms with Gasteiger partial charge in [-0.05, 0) is 24.3 Å². The molecule has 1 atom stereocenters. The maximum atomic E-state index is 12.4. The number of para-hydroxylation sites is 1. The molecule has 1 aliphatic rings. The van der Waals surface area contributed by atoms with Crippen molar-refractivity contribution >= 4 is 34.4 Å². The Balaban J connectivity index is 1.54. The first kappa shape index (κ1) is 14.4. The summed E-state index contributed by atoms with van der Waals surface area (Å²) in [5.74, 6) is 0.329. The zero-order valence-electron chi connectivity index (χ0n) is 12.8. The Morgan fingerprint density at radius 2 is 2.04 bits per heavy atom. The van der Waals surface area contributed by atoms with E-state index >= 15 is 0 Å². The van der Waals surface area contributed by atoms with Gasteiger partial charge in [-0.25, -0.2) is 4.98 Å². The van der Waals surface area contributed by atoms with E-state index in [0.29, 0.717) is 18.2 Å². The van der Waals surface area contributed by atoms with Crippen LogP contribution in [0.15, 0.2) is 48.7 Å². The summed E-state index contributed by atoms with van der Waals surface area (Å²) >= 11 is 0. The van der Waals surface area contributed by atoms with Crippen molar-refractivity contribution < 1.29 is 9.59 Å². The summed E-state index contributed by atoms with van der Waals surface area (Å²) in [5, 5.41) is 10.8. The van der Waals surface area contributed by atoms with Crippen molar-refractivity contribution in [1.82, 2.24) is 15.2 Å². The van der Waals surface area contributed by atoms with Crippen LogP contribution in [0.25, 0.3) is 10.9 Å². The van der Waals surface area contributed by atoms with Gasteiger partial charge in [0.05, 0.1) is 11.4 Å².